The monoisotopic (exact) mass is 243 g/mol. The summed E-state index contributed by atoms with van der Waals surface area (Å²) in [5.41, 5.74) is 1.27. The Balaban J connectivity index is 2.81. The van der Waals surface area contributed by atoms with Crippen molar-refractivity contribution in [2.75, 3.05) is 20.7 Å². The molecule has 1 N–H and O–H groups in total. The van der Waals surface area contributed by atoms with Crippen LogP contribution in [0.2, 0.25) is 0 Å². The lowest BCUT2D eigenvalue weighted by molar-refractivity contribution is 0.411. The third kappa shape index (κ3) is 2.71. The van der Waals surface area contributed by atoms with Gasteiger partial charge in [0, 0.05) is 0 Å². The molecule has 0 unspecified atom stereocenters. The quantitative estimate of drug-likeness (QED) is 0.876. The number of benzene rings is 1. The predicted molar refractivity (Wildman–Crippen MR) is 58.3 cm³/mol. The van der Waals surface area contributed by atoms with Crippen LogP contribution in [0.3, 0.4) is 0 Å². The van der Waals surface area contributed by atoms with Crippen molar-refractivity contribution in [3.63, 3.8) is 0 Å². The topological polar surface area (TPSA) is 21.3 Å². The zero-order valence-electron chi connectivity index (χ0n) is 7.93. The number of hydrogen-bond acceptors (Lipinski definition) is 2. The summed E-state index contributed by atoms with van der Waals surface area (Å²) < 4.78 is 6.26. The molecule has 0 spiro atoms. The van der Waals surface area contributed by atoms with E-state index >= 15 is 0 Å². The third-order valence-corrected chi connectivity index (χ3v) is 2.81. The van der Waals surface area contributed by atoms with Gasteiger partial charge in [-0.2, -0.15) is 0 Å². The van der Waals surface area contributed by atoms with Crippen molar-refractivity contribution in [1.82, 2.24) is 5.32 Å². The minimum atomic E-state index is 0.897. The van der Waals surface area contributed by atoms with E-state index in [9.17, 15) is 0 Å². The normalized spacial score (nSPS) is 10.1. The van der Waals surface area contributed by atoms with Crippen LogP contribution in [0, 0.1) is 0 Å². The van der Waals surface area contributed by atoms with Crippen molar-refractivity contribution in [2.45, 2.75) is 6.42 Å². The first-order chi connectivity index (χ1) is 6.29. The molecule has 0 saturated carbocycles. The summed E-state index contributed by atoms with van der Waals surface area (Å²) in [4.78, 5) is 0. The van der Waals surface area contributed by atoms with E-state index in [0.29, 0.717) is 0 Å². The molecule has 0 fully saturated rings. The van der Waals surface area contributed by atoms with Crippen LogP contribution >= 0.6 is 15.9 Å². The second-order valence-electron chi connectivity index (χ2n) is 2.79. The summed E-state index contributed by atoms with van der Waals surface area (Å²) in [7, 11) is 3.63. The van der Waals surface area contributed by atoms with E-state index in [0.717, 1.165) is 23.2 Å². The fourth-order valence-electron chi connectivity index (χ4n) is 1.17. The molecule has 13 heavy (non-hydrogen) atoms. The number of likely N-dealkylation sites (N-methyl/N-ethyl adjacent to an activating group) is 1. The summed E-state index contributed by atoms with van der Waals surface area (Å²) in [6.45, 7) is 0.978. The summed E-state index contributed by atoms with van der Waals surface area (Å²) >= 11 is 3.52. The molecule has 0 bridgehead atoms. The third-order valence-electron chi connectivity index (χ3n) is 1.91. The molecule has 0 aliphatic carbocycles. The zero-order valence-corrected chi connectivity index (χ0v) is 9.52. The molecule has 1 aromatic rings. The van der Waals surface area contributed by atoms with Crippen LogP contribution in [0.4, 0.5) is 0 Å². The van der Waals surface area contributed by atoms with E-state index in [-0.39, 0.29) is 0 Å². The summed E-state index contributed by atoms with van der Waals surface area (Å²) in [5.74, 6) is 0.897. The average molecular weight is 244 g/mol. The number of methoxy groups -OCH3 is 1. The number of ether oxygens (including phenoxy) is 1. The van der Waals surface area contributed by atoms with Gasteiger partial charge in [-0.25, -0.2) is 0 Å². The fourth-order valence-corrected chi connectivity index (χ4v) is 1.79. The minimum Gasteiger partial charge on any atom is -0.496 e. The lowest BCUT2D eigenvalue weighted by Crippen LogP contribution is -2.10. The van der Waals surface area contributed by atoms with E-state index in [1.54, 1.807) is 7.11 Å². The van der Waals surface area contributed by atoms with E-state index in [2.05, 4.69) is 27.3 Å². The summed E-state index contributed by atoms with van der Waals surface area (Å²) in [6, 6.07) is 6.06. The number of nitrogens with one attached hydrogen (secondary N) is 1. The Morgan fingerprint density at radius 2 is 2.23 bits per heavy atom. The molecule has 0 amide bonds. The largest absolute Gasteiger partial charge is 0.496 e. The molecule has 2 nitrogen and oxygen atoms in total. The highest BCUT2D eigenvalue weighted by Gasteiger charge is 2.04. The van der Waals surface area contributed by atoms with Crippen molar-refractivity contribution in [3.8, 4) is 5.75 Å². The van der Waals surface area contributed by atoms with Crippen LogP contribution in [0.15, 0.2) is 22.7 Å². The van der Waals surface area contributed by atoms with Gasteiger partial charge in [0.25, 0.3) is 0 Å². The molecule has 0 heterocycles. The van der Waals surface area contributed by atoms with Gasteiger partial charge in [0.15, 0.2) is 0 Å². The molecular formula is C10H14BrNO. The van der Waals surface area contributed by atoms with E-state index in [4.69, 9.17) is 4.74 Å². The molecule has 0 saturated heterocycles. The van der Waals surface area contributed by atoms with Crippen LogP contribution in [0.25, 0.3) is 0 Å². The highest BCUT2D eigenvalue weighted by Crippen LogP contribution is 2.28. The lowest BCUT2D eigenvalue weighted by Gasteiger charge is -2.08. The zero-order chi connectivity index (χ0) is 9.68. The van der Waals surface area contributed by atoms with Crippen molar-refractivity contribution >= 4 is 15.9 Å². The fraction of sp³-hybridized carbons (Fsp3) is 0.400. The first kappa shape index (κ1) is 10.5. The Labute approximate surface area is 87.4 Å². The van der Waals surface area contributed by atoms with Gasteiger partial charge < -0.3 is 10.1 Å². The van der Waals surface area contributed by atoms with Gasteiger partial charge in [-0.05, 0) is 47.6 Å². The Morgan fingerprint density at radius 3 is 2.85 bits per heavy atom. The molecule has 1 aromatic carbocycles. The smallest absolute Gasteiger partial charge is 0.133 e. The van der Waals surface area contributed by atoms with Crippen LogP contribution in [-0.4, -0.2) is 20.7 Å². The molecular weight excluding hydrogens is 230 g/mol. The van der Waals surface area contributed by atoms with Gasteiger partial charge in [0.05, 0.1) is 11.6 Å². The second-order valence-corrected chi connectivity index (χ2v) is 3.58. The Bertz CT molecular complexity index is 276. The maximum absolute atomic E-state index is 5.20. The molecule has 72 valence electrons. The van der Waals surface area contributed by atoms with Crippen LogP contribution in [0.5, 0.6) is 5.75 Å². The lowest BCUT2D eigenvalue weighted by atomic mass is 10.1. The molecule has 0 aliphatic rings. The Hall–Kier alpha value is -0.540. The van der Waals surface area contributed by atoms with Crippen molar-refractivity contribution in [1.29, 1.82) is 0 Å². The predicted octanol–water partition coefficient (Wildman–Crippen LogP) is 2.22. The van der Waals surface area contributed by atoms with Crippen LogP contribution in [0.1, 0.15) is 5.56 Å². The number of hydrogen-bond donors (Lipinski definition) is 1. The summed E-state index contributed by atoms with van der Waals surface area (Å²) in [6.07, 6.45) is 1.01. The molecule has 0 aliphatic heterocycles. The highest BCUT2D eigenvalue weighted by atomic mass is 79.9. The van der Waals surface area contributed by atoms with Gasteiger partial charge in [0.1, 0.15) is 5.75 Å². The highest BCUT2D eigenvalue weighted by molar-refractivity contribution is 9.10. The van der Waals surface area contributed by atoms with Crippen molar-refractivity contribution < 1.29 is 4.74 Å². The molecule has 3 heteroatoms. The van der Waals surface area contributed by atoms with Gasteiger partial charge in [-0.15, -0.1) is 0 Å². The van der Waals surface area contributed by atoms with Crippen molar-refractivity contribution in [3.05, 3.63) is 28.2 Å². The SMILES string of the molecule is CNCCc1cccc(OC)c1Br. The Kier molecular flexibility index (Phi) is 4.25. The first-order valence-electron chi connectivity index (χ1n) is 4.25. The van der Waals surface area contributed by atoms with Gasteiger partial charge in [0.2, 0.25) is 0 Å². The molecule has 1 rings (SSSR count). The van der Waals surface area contributed by atoms with E-state index in [1.165, 1.54) is 5.56 Å². The number of halogens is 1. The van der Waals surface area contributed by atoms with Gasteiger partial charge in [-0.1, -0.05) is 12.1 Å². The molecule has 0 radical (unpaired) electrons. The number of rotatable bonds is 4. The molecule has 0 aromatic heterocycles. The van der Waals surface area contributed by atoms with Crippen LogP contribution < -0.4 is 10.1 Å². The Morgan fingerprint density at radius 1 is 1.46 bits per heavy atom. The van der Waals surface area contributed by atoms with Gasteiger partial charge in [-0.3, -0.25) is 0 Å². The summed E-state index contributed by atoms with van der Waals surface area (Å²) in [5, 5.41) is 3.12. The standard InChI is InChI=1S/C10H14BrNO/c1-12-7-6-8-4-3-5-9(13-2)10(8)11/h3-5,12H,6-7H2,1-2H3. The minimum absolute atomic E-state index is 0.897. The maximum atomic E-state index is 5.20. The van der Waals surface area contributed by atoms with E-state index in [1.807, 2.05) is 19.2 Å². The second kappa shape index (κ2) is 5.25. The average Bonchev–Trinajstić information content (AvgIpc) is 2.16. The maximum Gasteiger partial charge on any atom is 0.133 e. The molecule has 0 atom stereocenters. The van der Waals surface area contributed by atoms with Crippen LogP contribution in [-0.2, 0) is 6.42 Å². The van der Waals surface area contributed by atoms with E-state index < -0.39 is 0 Å². The van der Waals surface area contributed by atoms with Gasteiger partial charge >= 0.3 is 0 Å². The van der Waals surface area contributed by atoms with Crippen molar-refractivity contribution in [2.24, 2.45) is 0 Å². The first-order valence-corrected chi connectivity index (χ1v) is 5.05.